The molecule has 2 aromatic carbocycles. The lowest BCUT2D eigenvalue weighted by Crippen LogP contribution is -2.17. The van der Waals surface area contributed by atoms with E-state index in [1.807, 2.05) is 48.5 Å². The van der Waals surface area contributed by atoms with Gasteiger partial charge in [-0.25, -0.2) is 9.37 Å². The molecule has 0 saturated heterocycles. The summed E-state index contributed by atoms with van der Waals surface area (Å²) in [6, 6.07) is 19.8. The zero-order valence-corrected chi connectivity index (χ0v) is 20.7. The molecule has 0 aliphatic carbocycles. The van der Waals surface area contributed by atoms with Gasteiger partial charge in [0.25, 0.3) is 0 Å². The maximum absolute atomic E-state index is 14.3. The van der Waals surface area contributed by atoms with E-state index in [0.29, 0.717) is 27.9 Å². The van der Waals surface area contributed by atoms with Crippen molar-refractivity contribution >= 4 is 23.5 Å². The average molecular weight is 490 g/mol. The topological polar surface area (TPSA) is 86.0 Å². The molecule has 180 valence electrons. The fraction of sp³-hybridized carbons (Fsp3) is 0.222. The van der Waals surface area contributed by atoms with Crippen LogP contribution in [0.25, 0.3) is 11.1 Å². The molecule has 0 fully saturated rings. The van der Waals surface area contributed by atoms with Gasteiger partial charge in [-0.05, 0) is 66.4 Å². The Morgan fingerprint density at radius 1 is 1.03 bits per heavy atom. The molecule has 8 heteroatoms. The monoisotopic (exact) mass is 489 g/mol. The van der Waals surface area contributed by atoms with Gasteiger partial charge in [-0.3, -0.25) is 4.98 Å². The summed E-state index contributed by atoms with van der Waals surface area (Å²) in [5, 5.41) is 4.17. The number of aromatic nitrogens is 3. The van der Waals surface area contributed by atoms with Crippen LogP contribution in [-0.4, -0.2) is 22.1 Å². The van der Waals surface area contributed by atoms with Gasteiger partial charge in [-0.2, -0.15) is 4.98 Å². The van der Waals surface area contributed by atoms with Gasteiger partial charge in [0.05, 0.1) is 24.4 Å². The van der Waals surface area contributed by atoms with Crippen molar-refractivity contribution in [2.24, 2.45) is 5.92 Å². The Kier molecular flexibility index (Phi) is 7.82. The number of nitrogens with two attached hydrogens (primary N) is 1. The minimum atomic E-state index is -0.339. The zero-order valence-electron chi connectivity index (χ0n) is 19.9. The van der Waals surface area contributed by atoms with E-state index in [4.69, 9.17) is 10.5 Å². The zero-order chi connectivity index (χ0) is 24.8. The molecule has 4 aromatic rings. The van der Waals surface area contributed by atoms with Gasteiger partial charge in [-0.15, -0.1) is 0 Å². The van der Waals surface area contributed by atoms with Crippen molar-refractivity contribution in [1.82, 2.24) is 15.0 Å². The van der Waals surface area contributed by atoms with E-state index < -0.39 is 0 Å². The fourth-order valence-corrected chi connectivity index (χ4v) is 4.72. The molecule has 2 heterocycles. The first kappa shape index (κ1) is 24.5. The standard InChI is InChI=1S/C27H28FN5OS/c1-17(2)15-23(22-9-4-5-14-30-22)31-25-24(18-7-6-8-19(28)16-18)26(33-27(29)32-25)35-21-12-10-20(34-3)11-13-21/h4-14,16-17,23H,15H2,1-3H3,(H3,29,31,32,33). The Hall–Kier alpha value is -3.65. The van der Waals surface area contributed by atoms with E-state index in [1.54, 1.807) is 19.4 Å². The van der Waals surface area contributed by atoms with Crippen LogP contribution < -0.4 is 15.8 Å². The van der Waals surface area contributed by atoms with Crippen molar-refractivity contribution < 1.29 is 9.13 Å². The Labute approximate surface area is 209 Å². The number of rotatable bonds is 9. The summed E-state index contributed by atoms with van der Waals surface area (Å²) in [4.78, 5) is 14.6. The lowest BCUT2D eigenvalue weighted by molar-refractivity contribution is 0.414. The SMILES string of the molecule is COc1ccc(Sc2nc(N)nc(NC(CC(C)C)c3ccccn3)c2-c2cccc(F)c2)cc1. The van der Waals surface area contributed by atoms with Crippen molar-refractivity contribution in [2.45, 2.75) is 36.2 Å². The van der Waals surface area contributed by atoms with Crippen molar-refractivity contribution in [2.75, 3.05) is 18.2 Å². The number of nitrogen functional groups attached to an aromatic ring is 1. The van der Waals surface area contributed by atoms with Crippen molar-refractivity contribution in [3.63, 3.8) is 0 Å². The van der Waals surface area contributed by atoms with Crippen LogP contribution in [0.3, 0.4) is 0 Å². The Bertz CT molecular complexity index is 1270. The van der Waals surface area contributed by atoms with Crippen LogP contribution in [0.2, 0.25) is 0 Å². The van der Waals surface area contributed by atoms with E-state index >= 15 is 0 Å². The predicted octanol–water partition coefficient (Wildman–Crippen LogP) is 6.62. The second-order valence-electron chi connectivity index (χ2n) is 8.48. The maximum Gasteiger partial charge on any atom is 0.223 e. The van der Waals surface area contributed by atoms with Gasteiger partial charge in [0.1, 0.15) is 22.4 Å². The van der Waals surface area contributed by atoms with Crippen molar-refractivity contribution in [1.29, 1.82) is 0 Å². The lowest BCUT2D eigenvalue weighted by atomic mass is 10.00. The summed E-state index contributed by atoms with van der Waals surface area (Å²) in [7, 11) is 1.63. The first-order chi connectivity index (χ1) is 16.9. The molecular weight excluding hydrogens is 461 g/mol. The minimum Gasteiger partial charge on any atom is -0.497 e. The third-order valence-corrected chi connectivity index (χ3v) is 6.34. The molecule has 0 saturated carbocycles. The molecule has 6 nitrogen and oxygen atoms in total. The highest BCUT2D eigenvalue weighted by Gasteiger charge is 2.22. The van der Waals surface area contributed by atoms with E-state index in [0.717, 1.165) is 22.8 Å². The van der Waals surface area contributed by atoms with Crippen LogP contribution in [0.5, 0.6) is 5.75 Å². The van der Waals surface area contributed by atoms with E-state index in [9.17, 15) is 4.39 Å². The molecule has 0 bridgehead atoms. The van der Waals surface area contributed by atoms with Crippen molar-refractivity contribution in [3.8, 4) is 16.9 Å². The minimum absolute atomic E-state index is 0.114. The van der Waals surface area contributed by atoms with Gasteiger partial charge < -0.3 is 15.8 Å². The second kappa shape index (κ2) is 11.2. The molecule has 0 aliphatic heterocycles. The number of anilines is 2. The predicted molar refractivity (Wildman–Crippen MR) is 139 cm³/mol. The van der Waals surface area contributed by atoms with E-state index in [-0.39, 0.29) is 17.8 Å². The number of hydrogen-bond acceptors (Lipinski definition) is 7. The number of methoxy groups -OCH3 is 1. The highest BCUT2D eigenvalue weighted by Crippen LogP contribution is 2.41. The number of pyridine rings is 1. The maximum atomic E-state index is 14.3. The van der Waals surface area contributed by atoms with Gasteiger partial charge in [0, 0.05) is 11.1 Å². The number of nitrogens with one attached hydrogen (secondary N) is 1. The Balaban J connectivity index is 1.82. The Morgan fingerprint density at radius 3 is 2.49 bits per heavy atom. The molecule has 1 unspecified atom stereocenters. The van der Waals surface area contributed by atoms with Gasteiger partial charge in [0.2, 0.25) is 5.95 Å². The van der Waals surface area contributed by atoms with Crippen LogP contribution in [0.4, 0.5) is 16.2 Å². The third-order valence-electron chi connectivity index (χ3n) is 5.34. The first-order valence-electron chi connectivity index (χ1n) is 11.4. The largest absolute Gasteiger partial charge is 0.497 e. The van der Waals surface area contributed by atoms with Crippen LogP contribution in [-0.2, 0) is 0 Å². The number of nitrogens with zero attached hydrogens (tertiary/aromatic N) is 3. The second-order valence-corrected chi connectivity index (χ2v) is 9.54. The van der Waals surface area contributed by atoms with Gasteiger partial charge in [0.15, 0.2) is 0 Å². The molecule has 0 amide bonds. The number of hydrogen-bond donors (Lipinski definition) is 2. The van der Waals surface area contributed by atoms with Crippen molar-refractivity contribution in [3.05, 3.63) is 84.4 Å². The normalized spacial score (nSPS) is 11.9. The van der Waals surface area contributed by atoms with Crippen LogP contribution >= 0.6 is 11.8 Å². The summed E-state index contributed by atoms with van der Waals surface area (Å²) in [5.41, 5.74) is 8.41. The summed E-state index contributed by atoms with van der Waals surface area (Å²) in [6.07, 6.45) is 2.60. The van der Waals surface area contributed by atoms with Crippen LogP contribution in [0.1, 0.15) is 32.0 Å². The Morgan fingerprint density at radius 2 is 1.83 bits per heavy atom. The number of benzene rings is 2. The quantitative estimate of drug-likeness (QED) is 0.256. The molecule has 4 rings (SSSR count). The molecule has 0 radical (unpaired) electrons. The lowest BCUT2D eigenvalue weighted by Gasteiger charge is -2.23. The molecule has 35 heavy (non-hydrogen) atoms. The van der Waals surface area contributed by atoms with Crippen LogP contribution in [0, 0.1) is 11.7 Å². The molecule has 2 aromatic heterocycles. The molecule has 0 spiro atoms. The number of halogens is 1. The smallest absolute Gasteiger partial charge is 0.223 e. The summed E-state index contributed by atoms with van der Waals surface area (Å²) >= 11 is 1.43. The summed E-state index contributed by atoms with van der Waals surface area (Å²) in [6.45, 7) is 4.31. The van der Waals surface area contributed by atoms with E-state index in [1.165, 1.54) is 23.9 Å². The third kappa shape index (κ3) is 6.27. The van der Waals surface area contributed by atoms with Gasteiger partial charge >= 0.3 is 0 Å². The summed E-state index contributed by atoms with van der Waals surface area (Å²) < 4.78 is 19.6. The number of ether oxygens (including phenoxy) is 1. The molecule has 3 N–H and O–H groups in total. The average Bonchev–Trinajstić information content (AvgIpc) is 2.84. The summed E-state index contributed by atoms with van der Waals surface area (Å²) in [5.74, 6) is 1.49. The molecule has 0 aliphatic rings. The van der Waals surface area contributed by atoms with E-state index in [2.05, 4.69) is 34.1 Å². The highest BCUT2D eigenvalue weighted by atomic mass is 32.2. The molecule has 1 atom stereocenters. The highest BCUT2D eigenvalue weighted by molar-refractivity contribution is 7.99. The fourth-order valence-electron chi connectivity index (χ4n) is 3.77. The first-order valence-corrected chi connectivity index (χ1v) is 12.2. The molecular formula is C27H28FN5OS. The van der Waals surface area contributed by atoms with Gasteiger partial charge in [-0.1, -0.05) is 43.8 Å². The van der Waals surface area contributed by atoms with Crippen LogP contribution in [0.15, 0.2) is 82.8 Å².